The Bertz CT molecular complexity index is 1410. The fourth-order valence-electron chi connectivity index (χ4n) is 5.46. The Morgan fingerprint density at radius 3 is 2.46 bits per heavy atom. The van der Waals surface area contributed by atoms with Crippen LogP contribution >= 0.6 is 0 Å². The molecule has 0 saturated carbocycles. The summed E-state index contributed by atoms with van der Waals surface area (Å²) >= 11 is 0. The predicted octanol–water partition coefficient (Wildman–Crippen LogP) is 2.89. The summed E-state index contributed by atoms with van der Waals surface area (Å²) in [6, 6.07) is 12.2. The van der Waals surface area contributed by atoms with E-state index in [2.05, 4.69) is 20.9 Å². The molecule has 1 aliphatic rings. The van der Waals surface area contributed by atoms with Crippen molar-refractivity contribution < 1.29 is 14.6 Å². The van der Waals surface area contributed by atoms with Gasteiger partial charge in [0.2, 0.25) is 0 Å². The number of piperazine rings is 1. The summed E-state index contributed by atoms with van der Waals surface area (Å²) < 4.78 is 6.71. The van der Waals surface area contributed by atoms with Crippen molar-refractivity contribution in [2.45, 2.75) is 51.2 Å². The summed E-state index contributed by atoms with van der Waals surface area (Å²) in [6.07, 6.45) is 1.12. The SMILES string of the molecule is CCCC(C(=O)O)(c1ccc(OC)cc1)N1C[C@H](C)N(c2nc(=O)n(C)c3ccc(C#N)nc23)C[C@H]1C. The summed E-state index contributed by atoms with van der Waals surface area (Å²) in [4.78, 5) is 38.6. The fraction of sp³-hybridized carbons (Fsp3) is 0.444. The number of benzene rings is 1. The van der Waals surface area contributed by atoms with E-state index >= 15 is 0 Å². The molecule has 1 fully saturated rings. The maximum atomic E-state index is 13.0. The largest absolute Gasteiger partial charge is 0.497 e. The lowest BCUT2D eigenvalue weighted by Gasteiger charge is -2.52. The molecule has 1 aliphatic heterocycles. The molecule has 4 rings (SSSR count). The van der Waals surface area contributed by atoms with Gasteiger partial charge in [-0.05, 0) is 50.1 Å². The first-order valence-electron chi connectivity index (χ1n) is 12.4. The minimum Gasteiger partial charge on any atom is -0.497 e. The zero-order valence-electron chi connectivity index (χ0n) is 21.8. The standard InChI is InChI=1S/C27H32N6O4/c1-6-13-27(25(34)35,19-7-10-21(37-5)11-8-19)33-16-17(2)32(15-18(33)3)24-23-22(31(4)26(36)30-24)12-9-20(14-28)29-23/h7-12,17-18H,6,13,15-16H2,1-5H3,(H,34,35)/t17-,18+,27?/m0/s1. The second kappa shape index (κ2) is 10.2. The number of ether oxygens (including phenoxy) is 1. The number of methoxy groups -OCH3 is 1. The van der Waals surface area contributed by atoms with Crippen molar-refractivity contribution in [2.24, 2.45) is 7.05 Å². The molecule has 1 unspecified atom stereocenters. The number of nitriles is 1. The van der Waals surface area contributed by atoms with Crippen LogP contribution in [0.3, 0.4) is 0 Å². The van der Waals surface area contributed by atoms with Crippen LogP contribution in [0, 0.1) is 11.3 Å². The van der Waals surface area contributed by atoms with Gasteiger partial charge in [-0.2, -0.15) is 10.2 Å². The van der Waals surface area contributed by atoms with Crippen LogP contribution in [0.5, 0.6) is 5.75 Å². The van der Waals surface area contributed by atoms with Gasteiger partial charge in [0, 0.05) is 32.2 Å². The molecular formula is C27H32N6O4. The lowest BCUT2D eigenvalue weighted by atomic mass is 9.81. The first-order chi connectivity index (χ1) is 17.7. The normalized spacial score (nSPS) is 19.8. The van der Waals surface area contributed by atoms with Gasteiger partial charge in [-0.15, -0.1) is 0 Å². The third-order valence-electron chi connectivity index (χ3n) is 7.33. The van der Waals surface area contributed by atoms with E-state index < -0.39 is 17.2 Å². The van der Waals surface area contributed by atoms with Crippen LogP contribution in [0.15, 0.2) is 41.2 Å². The molecule has 0 spiro atoms. The molecule has 0 bridgehead atoms. The van der Waals surface area contributed by atoms with Gasteiger partial charge in [-0.25, -0.2) is 14.6 Å². The number of aliphatic carboxylic acids is 1. The molecule has 2 aromatic heterocycles. The third-order valence-corrected chi connectivity index (χ3v) is 7.33. The zero-order chi connectivity index (χ0) is 26.9. The summed E-state index contributed by atoms with van der Waals surface area (Å²) in [6.45, 7) is 6.83. The Morgan fingerprint density at radius 2 is 1.86 bits per heavy atom. The smallest absolute Gasteiger partial charge is 0.349 e. The van der Waals surface area contributed by atoms with Crippen molar-refractivity contribution in [2.75, 3.05) is 25.1 Å². The number of nitrogens with zero attached hydrogens (tertiary/aromatic N) is 6. The number of aromatic nitrogens is 3. The summed E-state index contributed by atoms with van der Waals surface area (Å²) in [5, 5.41) is 20.1. The molecule has 0 aliphatic carbocycles. The first-order valence-corrected chi connectivity index (χ1v) is 12.4. The average molecular weight is 505 g/mol. The Hall–Kier alpha value is -3.97. The highest BCUT2D eigenvalue weighted by molar-refractivity contribution is 5.86. The number of pyridine rings is 1. The second-order valence-corrected chi connectivity index (χ2v) is 9.60. The van der Waals surface area contributed by atoms with E-state index in [1.54, 1.807) is 38.4 Å². The van der Waals surface area contributed by atoms with E-state index in [0.717, 1.165) is 0 Å². The Labute approximate surface area is 215 Å². The van der Waals surface area contributed by atoms with Crippen molar-refractivity contribution in [3.63, 3.8) is 0 Å². The number of hydrogen-bond acceptors (Lipinski definition) is 8. The quantitative estimate of drug-likeness (QED) is 0.517. The van der Waals surface area contributed by atoms with Crippen LogP contribution in [-0.2, 0) is 17.4 Å². The molecule has 3 aromatic rings. The van der Waals surface area contributed by atoms with E-state index in [0.29, 0.717) is 54.1 Å². The highest BCUT2D eigenvalue weighted by atomic mass is 16.5. The topological polar surface area (TPSA) is 125 Å². The number of fused-ring (bicyclic) bond motifs is 1. The molecule has 1 aromatic carbocycles. The molecule has 3 heterocycles. The summed E-state index contributed by atoms with van der Waals surface area (Å²) in [7, 11) is 3.21. The maximum absolute atomic E-state index is 13.0. The van der Waals surface area contributed by atoms with E-state index in [1.165, 1.54) is 4.57 Å². The number of carboxylic acid groups (broad SMARTS) is 1. The van der Waals surface area contributed by atoms with Crippen LogP contribution in [0.1, 0.15) is 44.9 Å². The van der Waals surface area contributed by atoms with Gasteiger partial charge in [0.05, 0.1) is 12.6 Å². The summed E-state index contributed by atoms with van der Waals surface area (Å²) in [5.41, 5.74) is 0.353. The van der Waals surface area contributed by atoms with E-state index in [1.807, 2.05) is 37.8 Å². The number of anilines is 1. The maximum Gasteiger partial charge on any atom is 0.349 e. The molecule has 10 nitrogen and oxygen atoms in total. The molecule has 0 amide bonds. The number of aryl methyl sites for hydroxylation is 1. The highest BCUT2D eigenvalue weighted by Crippen LogP contribution is 2.39. The molecule has 0 radical (unpaired) electrons. The van der Waals surface area contributed by atoms with Crippen molar-refractivity contribution >= 4 is 22.8 Å². The molecule has 1 N–H and O–H groups in total. The van der Waals surface area contributed by atoms with Crippen molar-refractivity contribution in [1.82, 2.24) is 19.4 Å². The minimum absolute atomic E-state index is 0.180. The van der Waals surface area contributed by atoms with Gasteiger partial charge in [0.25, 0.3) is 0 Å². The van der Waals surface area contributed by atoms with Crippen LogP contribution in [0.25, 0.3) is 11.0 Å². The van der Waals surface area contributed by atoms with Gasteiger partial charge in [-0.1, -0.05) is 25.5 Å². The fourth-order valence-corrected chi connectivity index (χ4v) is 5.46. The van der Waals surface area contributed by atoms with Gasteiger partial charge in [-0.3, -0.25) is 9.47 Å². The van der Waals surface area contributed by atoms with E-state index in [4.69, 9.17) is 4.74 Å². The molecule has 37 heavy (non-hydrogen) atoms. The van der Waals surface area contributed by atoms with Crippen LogP contribution < -0.4 is 15.3 Å². The van der Waals surface area contributed by atoms with E-state index in [9.17, 15) is 20.0 Å². The predicted molar refractivity (Wildman–Crippen MR) is 140 cm³/mol. The van der Waals surface area contributed by atoms with Crippen LogP contribution in [0.4, 0.5) is 5.82 Å². The Balaban J connectivity index is 1.79. The molecule has 10 heteroatoms. The van der Waals surface area contributed by atoms with Gasteiger partial charge >= 0.3 is 11.7 Å². The average Bonchev–Trinajstić information content (AvgIpc) is 2.90. The van der Waals surface area contributed by atoms with Crippen molar-refractivity contribution in [3.8, 4) is 11.8 Å². The molecule has 194 valence electrons. The van der Waals surface area contributed by atoms with E-state index in [-0.39, 0.29) is 17.8 Å². The summed E-state index contributed by atoms with van der Waals surface area (Å²) in [5.74, 6) is 0.179. The Morgan fingerprint density at radius 1 is 1.16 bits per heavy atom. The second-order valence-electron chi connectivity index (χ2n) is 9.60. The Kier molecular flexibility index (Phi) is 7.18. The number of hydrogen-bond donors (Lipinski definition) is 1. The zero-order valence-corrected chi connectivity index (χ0v) is 21.8. The van der Waals surface area contributed by atoms with Crippen LogP contribution in [-0.4, -0.2) is 62.8 Å². The number of carbonyl (C=O) groups is 1. The molecule has 3 atom stereocenters. The molecule has 1 saturated heterocycles. The monoisotopic (exact) mass is 504 g/mol. The minimum atomic E-state index is -1.23. The number of carboxylic acids is 1. The van der Waals surface area contributed by atoms with Crippen LogP contribution in [0.2, 0.25) is 0 Å². The molecular weight excluding hydrogens is 472 g/mol. The van der Waals surface area contributed by atoms with Crippen molar-refractivity contribution in [1.29, 1.82) is 5.26 Å². The first kappa shape index (κ1) is 26.1. The number of rotatable bonds is 7. The van der Waals surface area contributed by atoms with Gasteiger partial charge < -0.3 is 14.7 Å². The lowest BCUT2D eigenvalue weighted by molar-refractivity contribution is -0.156. The van der Waals surface area contributed by atoms with Gasteiger partial charge in [0.1, 0.15) is 28.6 Å². The lowest BCUT2D eigenvalue weighted by Crippen LogP contribution is -2.65. The van der Waals surface area contributed by atoms with Gasteiger partial charge in [0.15, 0.2) is 5.82 Å². The third kappa shape index (κ3) is 4.40. The highest BCUT2D eigenvalue weighted by Gasteiger charge is 2.50. The van der Waals surface area contributed by atoms with Crippen molar-refractivity contribution in [3.05, 3.63) is 58.1 Å².